The predicted molar refractivity (Wildman–Crippen MR) is 241 cm³/mol. The Morgan fingerprint density at radius 2 is 1.25 bits per heavy atom. The van der Waals surface area contributed by atoms with Crippen molar-refractivity contribution in [3.8, 4) is 0 Å². The summed E-state index contributed by atoms with van der Waals surface area (Å²) >= 11 is 6.94. The van der Waals surface area contributed by atoms with Crippen LogP contribution in [0.15, 0.2) is 118 Å². The molecule has 8 rings (SSSR count). The molecule has 9 heteroatoms. The Morgan fingerprint density at radius 1 is 0.673 bits per heavy atom. The van der Waals surface area contributed by atoms with Crippen LogP contribution in [0.2, 0.25) is 0 Å². The highest BCUT2D eigenvalue weighted by molar-refractivity contribution is 9.10. The minimum Gasteiger partial charge on any atom is -0.361 e. The van der Waals surface area contributed by atoms with Gasteiger partial charge in [0.25, 0.3) is 0 Å². The van der Waals surface area contributed by atoms with Crippen molar-refractivity contribution >= 4 is 93.4 Å². The van der Waals surface area contributed by atoms with Gasteiger partial charge in [-0.2, -0.15) is 0 Å². The average Bonchev–Trinajstić information content (AvgIpc) is 3.84. The average molecular weight is 928 g/mol. The van der Waals surface area contributed by atoms with Crippen LogP contribution in [-0.4, -0.2) is 70.6 Å². The molecule has 4 aromatic carbocycles. The number of hydrogen-bond acceptors (Lipinski definition) is 4. The van der Waals surface area contributed by atoms with Crippen LogP contribution < -0.4 is 0 Å². The number of aromatic amines is 2. The van der Waals surface area contributed by atoms with Gasteiger partial charge in [0.1, 0.15) is 0 Å². The molecule has 0 atom stereocenters. The third kappa shape index (κ3) is 9.41. The molecule has 0 spiro atoms. The molecule has 2 aliphatic rings. The molecule has 0 amide bonds. The molecule has 55 heavy (non-hydrogen) atoms. The van der Waals surface area contributed by atoms with E-state index in [1.54, 1.807) is 0 Å². The molecule has 0 unspecified atom stereocenters. The molecule has 2 aliphatic heterocycles. The normalized spacial score (nSPS) is 14.8. The number of carbonyl (C=O) groups is 2. The van der Waals surface area contributed by atoms with E-state index >= 15 is 0 Å². The SMILES string of the molecule is Br.CCCCN1CC=C(c2c[nH]c3ccc(C(=O)c4cccc(Br)c4)cc23)CC1.CCN1CC=C(c2c[nH]c3ccc(C(=O)c4ccccc4Br)cc23)CC1. The first-order valence-corrected chi connectivity index (χ1v) is 20.6. The van der Waals surface area contributed by atoms with Crippen LogP contribution in [0, 0.1) is 0 Å². The number of H-pyrrole nitrogens is 2. The van der Waals surface area contributed by atoms with Gasteiger partial charge in [-0.25, -0.2) is 0 Å². The molecule has 0 aliphatic carbocycles. The second-order valence-corrected chi connectivity index (χ2v) is 15.8. The number of hydrogen-bond donors (Lipinski definition) is 2. The van der Waals surface area contributed by atoms with Gasteiger partial charge in [0, 0.05) is 103 Å². The summed E-state index contributed by atoms with van der Waals surface area (Å²) in [7, 11) is 0. The lowest BCUT2D eigenvalue weighted by Crippen LogP contribution is -2.29. The Bertz CT molecular complexity index is 2370. The number of benzene rings is 4. The number of carbonyl (C=O) groups excluding carboxylic acids is 2. The van der Waals surface area contributed by atoms with Crippen LogP contribution >= 0.6 is 48.8 Å². The highest BCUT2D eigenvalue weighted by atomic mass is 79.9. The van der Waals surface area contributed by atoms with Crippen molar-refractivity contribution in [1.82, 2.24) is 19.8 Å². The summed E-state index contributed by atoms with van der Waals surface area (Å²) in [5, 5.41) is 2.26. The molecule has 2 N–H and O–H groups in total. The van der Waals surface area contributed by atoms with Crippen molar-refractivity contribution < 1.29 is 9.59 Å². The quantitative estimate of drug-likeness (QED) is 0.134. The lowest BCUT2D eigenvalue weighted by Gasteiger charge is -2.26. The van der Waals surface area contributed by atoms with E-state index in [9.17, 15) is 9.59 Å². The number of fused-ring (bicyclic) bond motifs is 2. The van der Waals surface area contributed by atoms with E-state index in [1.807, 2.05) is 84.9 Å². The number of nitrogens with zero attached hydrogens (tertiary/aromatic N) is 2. The van der Waals surface area contributed by atoms with E-state index in [0.29, 0.717) is 11.1 Å². The lowest BCUT2D eigenvalue weighted by molar-refractivity contribution is 0.103. The Kier molecular flexibility index (Phi) is 14.0. The van der Waals surface area contributed by atoms with Crippen LogP contribution in [0.1, 0.15) is 82.5 Å². The maximum absolute atomic E-state index is 12.9. The lowest BCUT2D eigenvalue weighted by atomic mass is 9.96. The minimum absolute atomic E-state index is 0. The molecule has 0 saturated carbocycles. The topological polar surface area (TPSA) is 72.2 Å². The number of halogens is 3. The Morgan fingerprint density at radius 3 is 1.80 bits per heavy atom. The van der Waals surface area contributed by atoms with Gasteiger partial charge < -0.3 is 9.97 Å². The molecule has 4 heterocycles. The monoisotopic (exact) mass is 924 g/mol. The summed E-state index contributed by atoms with van der Waals surface area (Å²) < 4.78 is 1.75. The van der Waals surface area contributed by atoms with Crippen LogP contribution in [0.25, 0.3) is 33.0 Å². The highest BCUT2D eigenvalue weighted by Gasteiger charge is 2.19. The van der Waals surface area contributed by atoms with Crippen LogP contribution in [0.4, 0.5) is 0 Å². The zero-order valence-corrected chi connectivity index (χ0v) is 36.2. The number of nitrogens with one attached hydrogen (secondary N) is 2. The van der Waals surface area contributed by atoms with Gasteiger partial charge in [-0.1, -0.05) is 88.5 Å². The largest absolute Gasteiger partial charge is 0.361 e. The zero-order valence-electron chi connectivity index (χ0n) is 31.3. The maximum atomic E-state index is 12.9. The van der Waals surface area contributed by atoms with E-state index in [1.165, 1.54) is 41.7 Å². The first-order chi connectivity index (χ1) is 26.3. The fourth-order valence-corrected chi connectivity index (χ4v) is 8.30. The molecule has 0 fully saturated rings. The summed E-state index contributed by atoms with van der Waals surface area (Å²) in [4.78, 5) is 37.6. The molecule has 2 aromatic heterocycles. The number of rotatable bonds is 10. The summed E-state index contributed by atoms with van der Waals surface area (Å²) in [6.45, 7) is 10.9. The third-order valence-corrected chi connectivity index (χ3v) is 11.8. The van der Waals surface area contributed by atoms with Gasteiger partial charge in [-0.3, -0.25) is 19.4 Å². The van der Waals surface area contributed by atoms with Crippen LogP contribution in [-0.2, 0) is 0 Å². The van der Waals surface area contributed by atoms with Gasteiger partial charge in [-0.05, 0) is 104 Å². The molecule has 6 aromatic rings. The Labute approximate surface area is 351 Å². The van der Waals surface area contributed by atoms with E-state index in [2.05, 4.69) is 90.0 Å². The second kappa shape index (κ2) is 18.9. The summed E-state index contributed by atoms with van der Waals surface area (Å²) in [5.74, 6) is 0.0972. The van der Waals surface area contributed by atoms with E-state index in [0.717, 1.165) is 87.4 Å². The number of ketones is 2. The predicted octanol–water partition coefficient (Wildman–Crippen LogP) is 11.9. The highest BCUT2D eigenvalue weighted by Crippen LogP contribution is 2.32. The van der Waals surface area contributed by atoms with Crippen molar-refractivity contribution in [2.75, 3.05) is 39.3 Å². The summed E-state index contributed by atoms with van der Waals surface area (Å²) in [5.41, 5.74) is 10.2. The first-order valence-electron chi connectivity index (χ1n) is 19.0. The maximum Gasteiger partial charge on any atom is 0.194 e. The van der Waals surface area contributed by atoms with Crippen LogP contribution in [0.3, 0.4) is 0 Å². The number of unbranched alkanes of at least 4 members (excludes halogenated alkanes) is 1. The molecule has 0 radical (unpaired) electrons. The zero-order chi connectivity index (χ0) is 37.6. The summed E-state index contributed by atoms with van der Waals surface area (Å²) in [6.07, 6.45) is 13.4. The summed E-state index contributed by atoms with van der Waals surface area (Å²) in [6, 6.07) is 27.0. The van der Waals surface area contributed by atoms with E-state index in [4.69, 9.17) is 0 Å². The standard InChI is InChI=1S/C24H25BrN2O.C22H21BrN2O.BrH/c1-2-3-11-27-12-9-17(10-13-27)22-16-26-23-8-7-19(15-21(22)23)24(28)18-5-4-6-20(25)14-18;1-2-25-11-9-15(10-12-25)19-14-24-21-8-7-16(13-18(19)21)22(26)17-5-3-4-6-20(17)23;/h4-9,14-16,26H,2-3,10-13H2,1H3;3-9,13-14,24H,2,10-12H2,1H3;1H. The van der Waals surface area contributed by atoms with Crippen LogP contribution in [0.5, 0.6) is 0 Å². The third-order valence-electron chi connectivity index (χ3n) is 10.6. The first kappa shape index (κ1) is 40.8. The van der Waals surface area contributed by atoms with Crippen molar-refractivity contribution in [1.29, 1.82) is 0 Å². The van der Waals surface area contributed by atoms with Gasteiger partial charge >= 0.3 is 0 Å². The van der Waals surface area contributed by atoms with Crippen molar-refractivity contribution in [3.05, 3.63) is 152 Å². The molecular weight excluding hydrogens is 880 g/mol. The fraction of sp³-hybridized carbons (Fsp3) is 0.261. The number of likely N-dealkylation sites (N-methyl/N-ethyl adjacent to an activating group) is 1. The molecule has 0 bridgehead atoms. The van der Waals surface area contributed by atoms with Crippen molar-refractivity contribution in [2.45, 2.75) is 39.5 Å². The molecule has 6 nitrogen and oxygen atoms in total. The minimum atomic E-state index is 0. The van der Waals surface area contributed by atoms with Crippen molar-refractivity contribution in [2.24, 2.45) is 0 Å². The molecule has 0 saturated heterocycles. The van der Waals surface area contributed by atoms with Gasteiger partial charge in [0.2, 0.25) is 0 Å². The van der Waals surface area contributed by atoms with Crippen molar-refractivity contribution in [3.63, 3.8) is 0 Å². The molecule has 284 valence electrons. The van der Waals surface area contributed by atoms with Gasteiger partial charge in [0.15, 0.2) is 11.6 Å². The van der Waals surface area contributed by atoms with Gasteiger partial charge in [-0.15, -0.1) is 17.0 Å². The van der Waals surface area contributed by atoms with E-state index < -0.39 is 0 Å². The van der Waals surface area contributed by atoms with E-state index in [-0.39, 0.29) is 28.5 Å². The Balaban J connectivity index is 0.000000184. The number of aromatic nitrogens is 2. The Hall–Kier alpha value is -3.86. The second-order valence-electron chi connectivity index (χ2n) is 14.1. The molecular formula is C46H47Br3N4O2. The van der Waals surface area contributed by atoms with Gasteiger partial charge in [0.05, 0.1) is 0 Å². The smallest absolute Gasteiger partial charge is 0.194 e. The fourth-order valence-electron chi connectivity index (χ4n) is 7.44.